The summed E-state index contributed by atoms with van der Waals surface area (Å²) >= 11 is 0. The van der Waals surface area contributed by atoms with Crippen LogP contribution in [0.5, 0.6) is 0 Å². The number of hydrogen-bond acceptors (Lipinski definition) is 1. The number of hydrogen-bond donors (Lipinski definition) is 0. The number of benzene rings is 3. The quantitative estimate of drug-likeness (QED) is 0.451. The summed E-state index contributed by atoms with van der Waals surface area (Å²) in [6.07, 6.45) is 1.40. The van der Waals surface area contributed by atoms with E-state index in [1.807, 2.05) is 54.6 Å². The maximum atomic E-state index is 12.2. The Morgan fingerprint density at radius 2 is 1.14 bits per heavy atom. The molecule has 0 aliphatic carbocycles. The van der Waals surface area contributed by atoms with Crippen LogP contribution in [0, 0.1) is 0 Å². The Hall–Kier alpha value is -3.17. The molecule has 0 N–H and O–H groups in total. The number of aromatic nitrogens is 2. The second-order valence-corrected chi connectivity index (χ2v) is 6.96. The molecule has 1 aromatic heterocycles. The van der Waals surface area contributed by atoms with Crippen molar-refractivity contribution in [3.63, 3.8) is 0 Å². The number of rotatable bonds is 7. The molecule has 3 aromatic carbocycles. The molecule has 3 nitrogen and oxygen atoms in total. The predicted molar refractivity (Wildman–Crippen MR) is 111 cm³/mol. The van der Waals surface area contributed by atoms with Gasteiger partial charge in [0, 0.05) is 19.4 Å². The van der Waals surface area contributed by atoms with Crippen LogP contribution in [0.1, 0.15) is 33.9 Å². The van der Waals surface area contributed by atoms with Crippen molar-refractivity contribution in [2.75, 3.05) is 0 Å². The van der Waals surface area contributed by atoms with Crippen molar-refractivity contribution in [1.29, 1.82) is 0 Å². The Bertz CT molecular complexity index is 1010. The smallest absolute Gasteiger partial charge is 0.124 e. The van der Waals surface area contributed by atoms with Crippen LogP contribution in [0.15, 0.2) is 91.0 Å². The molecule has 139 valence electrons. The normalized spacial score (nSPS) is 10.9. The van der Waals surface area contributed by atoms with Crippen LogP contribution in [0.3, 0.4) is 0 Å². The molecule has 0 bridgehead atoms. The topological polar surface area (TPSA) is 37.7 Å². The Labute approximate surface area is 165 Å². The van der Waals surface area contributed by atoms with Crippen LogP contribution >= 0.6 is 0 Å². The van der Waals surface area contributed by atoms with Gasteiger partial charge in [-0.3, -0.25) is 0 Å². The third kappa shape index (κ3) is 4.21. The summed E-state index contributed by atoms with van der Waals surface area (Å²) in [5.74, 6) is 0.951. The third-order valence-electron chi connectivity index (χ3n) is 4.97. The fourth-order valence-corrected chi connectivity index (χ4v) is 3.55. The van der Waals surface area contributed by atoms with Crippen LogP contribution in [0.4, 0.5) is 0 Å². The number of imidazole rings is 1. The lowest BCUT2D eigenvalue weighted by Crippen LogP contribution is -2.09. The van der Waals surface area contributed by atoms with Gasteiger partial charge in [-0.05, 0) is 16.7 Å². The van der Waals surface area contributed by atoms with Crippen LogP contribution in [-0.2, 0) is 31.1 Å². The molecule has 4 rings (SSSR count). The van der Waals surface area contributed by atoms with Gasteiger partial charge in [0.15, 0.2) is 0 Å². The van der Waals surface area contributed by atoms with Gasteiger partial charge >= 0.3 is 0 Å². The fourth-order valence-electron chi connectivity index (χ4n) is 3.55. The Morgan fingerprint density at radius 3 is 1.68 bits per heavy atom. The molecular weight excluding hydrogens is 344 g/mol. The van der Waals surface area contributed by atoms with Crippen LogP contribution in [0.25, 0.3) is 0 Å². The van der Waals surface area contributed by atoms with Gasteiger partial charge in [0.25, 0.3) is 0 Å². The summed E-state index contributed by atoms with van der Waals surface area (Å²) in [6.45, 7) is 0.402. The highest BCUT2D eigenvalue weighted by Gasteiger charge is 2.18. The summed E-state index contributed by atoms with van der Waals surface area (Å²) in [5, 5.41) is 12.2. The van der Waals surface area contributed by atoms with Crippen LogP contribution in [-0.4, -0.2) is 9.55 Å². The molecule has 0 unspecified atom stereocenters. The molecule has 3 heteroatoms. The first kappa shape index (κ1) is 18.2. The van der Waals surface area contributed by atoms with E-state index in [2.05, 4.69) is 41.0 Å². The van der Waals surface area contributed by atoms with E-state index in [9.17, 15) is 5.11 Å². The van der Waals surface area contributed by atoms with E-state index in [4.69, 9.17) is 4.98 Å². The molecule has 28 heavy (non-hydrogen) atoms. The average Bonchev–Trinajstić information content (AvgIpc) is 3.06. The monoisotopic (exact) mass is 367 g/mol. The lowest BCUT2D eigenvalue weighted by molar-refractivity contribution is 0.169. The molecule has 1 heterocycles. The summed E-state index contributed by atoms with van der Waals surface area (Å²) in [6, 6.07) is 30.8. The first-order chi connectivity index (χ1) is 13.8. The van der Waals surface area contributed by atoms with Crippen molar-refractivity contribution in [2.45, 2.75) is 26.0 Å². The zero-order chi connectivity index (χ0) is 19.2. The highest BCUT2D eigenvalue weighted by atomic mass is 16.3. The number of nitrogens with zero attached hydrogens (tertiary/aromatic N) is 2. The highest BCUT2D eigenvalue weighted by Crippen LogP contribution is 2.21. The fraction of sp³-hybridized carbons (Fsp3) is 0.160. The SMILES string of the molecule is [O]Cc1c(Cc2ccccc2)nc(Cc2ccccc2)n1Cc1ccccc1. The van der Waals surface area contributed by atoms with E-state index in [0.717, 1.165) is 23.6 Å². The molecular formula is C25H23N2O. The molecule has 0 aliphatic rings. The van der Waals surface area contributed by atoms with Gasteiger partial charge in [-0.15, -0.1) is 0 Å². The van der Waals surface area contributed by atoms with Crippen molar-refractivity contribution in [3.05, 3.63) is 125 Å². The molecule has 0 spiro atoms. The van der Waals surface area contributed by atoms with Crippen molar-refractivity contribution >= 4 is 0 Å². The minimum absolute atomic E-state index is 0.267. The van der Waals surface area contributed by atoms with E-state index in [1.165, 1.54) is 16.7 Å². The Kier molecular flexibility index (Phi) is 5.64. The standard InChI is InChI=1S/C25H23N2O/c28-19-24-23(16-20-10-4-1-5-11-20)26-25(17-21-12-6-2-7-13-21)27(24)18-22-14-8-3-9-15-22/h1-15H,16-19H2. The third-order valence-corrected chi connectivity index (χ3v) is 4.97. The predicted octanol–water partition coefficient (Wildman–Crippen LogP) is 5.04. The second-order valence-electron chi connectivity index (χ2n) is 6.96. The highest BCUT2D eigenvalue weighted by molar-refractivity contribution is 5.30. The van der Waals surface area contributed by atoms with Gasteiger partial charge in [-0.2, -0.15) is 0 Å². The van der Waals surface area contributed by atoms with E-state index in [0.29, 0.717) is 13.0 Å². The lowest BCUT2D eigenvalue weighted by Gasteiger charge is -2.11. The molecule has 0 amide bonds. The van der Waals surface area contributed by atoms with Crippen LogP contribution in [0.2, 0.25) is 0 Å². The van der Waals surface area contributed by atoms with Gasteiger partial charge < -0.3 is 4.57 Å². The van der Waals surface area contributed by atoms with Crippen molar-refractivity contribution in [1.82, 2.24) is 9.55 Å². The zero-order valence-corrected chi connectivity index (χ0v) is 15.8. The van der Waals surface area contributed by atoms with Crippen LogP contribution < -0.4 is 0 Å². The minimum atomic E-state index is -0.267. The molecule has 4 aromatic rings. The van der Waals surface area contributed by atoms with Gasteiger partial charge in [-0.25, -0.2) is 10.1 Å². The zero-order valence-electron chi connectivity index (χ0n) is 15.8. The van der Waals surface area contributed by atoms with Gasteiger partial charge in [0.05, 0.1) is 11.4 Å². The molecule has 1 radical (unpaired) electrons. The summed E-state index contributed by atoms with van der Waals surface area (Å²) in [7, 11) is 0. The summed E-state index contributed by atoms with van der Waals surface area (Å²) in [5.41, 5.74) is 5.23. The molecule has 0 fully saturated rings. The lowest BCUT2D eigenvalue weighted by atomic mass is 10.1. The Balaban J connectivity index is 1.73. The molecule has 0 atom stereocenters. The maximum Gasteiger partial charge on any atom is 0.124 e. The molecule has 0 aliphatic heterocycles. The average molecular weight is 367 g/mol. The summed E-state index contributed by atoms with van der Waals surface area (Å²) < 4.78 is 2.12. The second kappa shape index (κ2) is 8.68. The van der Waals surface area contributed by atoms with E-state index < -0.39 is 0 Å². The summed E-state index contributed by atoms with van der Waals surface area (Å²) in [4.78, 5) is 4.93. The van der Waals surface area contributed by atoms with Crippen molar-refractivity contribution in [3.8, 4) is 0 Å². The first-order valence-corrected chi connectivity index (χ1v) is 9.60. The molecule has 0 saturated carbocycles. The van der Waals surface area contributed by atoms with E-state index in [-0.39, 0.29) is 6.61 Å². The van der Waals surface area contributed by atoms with E-state index in [1.54, 1.807) is 0 Å². The Morgan fingerprint density at radius 1 is 0.643 bits per heavy atom. The van der Waals surface area contributed by atoms with Crippen molar-refractivity contribution in [2.24, 2.45) is 0 Å². The minimum Gasteiger partial charge on any atom is -0.325 e. The van der Waals surface area contributed by atoms with Gasteiger partial charge in [-0.1, -0.05) is 91.0 Å². The van der Waals surface area contributed by atoms with Gasteiger partial charge in [0.1, 0.15) is 12.4 Å². The molecule has 0 saturated heterocycles. The van der Waals surface area contributed by atoms with Gasteiger partial charge in [0.2, 0.25) is 0 Å². The first-order valence-electron chi connectivity index (χ1n) is 9.60. The van der Waals surface area contributed by atoms with E-state index >= 15 is 0 Å². The van der Waals surface area contributed by atoms with Crippen molar-refractivity contribution < 1.29 is 5.11 Å². The maximum absolute atomic E-state index is 12.2. The largest absolute Gasteiger partial charge is 0.325 e.